The van der Waals surface area contributed by atoms with Gasteiger partial charge in [0.1, 0.15) is 5.82 Å². The summed E-state index contributed by atoms with van der Waals surface area (Å²) in [6, 6.07) is 12.4. The summed E-state index contributed by atoms with van der Waals surface area (Å²) in [7, 11) is 0. The average Bonchev–Trinajstić information content (AvgIpc) is 2.41. The standard InChI is InChI=1S/C15H11FN2/c16-14-6-5-11(10-3-1-2-4-12(10)14)13-7-8-18-9-15(13)17/h1-9H,17H2. The van der Waals surface area contributed by atoms with Gasteiger partial charge in [0.05, 0.1) is 11.9 Å². The second-order valence-corrected chi connectivity index (χ2v) is 4.10. The van der Waals surface area contributed by atoms with E-state index in [1.54, 1.807) is 24.5 Å². The first-order valence-corrected chi connectivity index (χ1v) is 5.64. The summed E-state index contributed by atoms with van der Waals surface area (Å²) < 4.78 is 13.7. The van der Waals surface area contributed by atoms with E-state index in [-0.39, 0.29) is 5.82 Å². The number of aromatic nitrogens is 1. The molecule has 0 saturated heterocycles. The van der Waals surface area contributed by atoms with Gasteiger partial charge in [-0.25, -0.2) is 4.39 Å². The monoisotopic (exact) mass is 238 g/mol. The molecule has 0 unspecified atom stereocenters. The maximum atomic E-state index is 13.7. The third-order valence-corrected chi connectivity index (χ3v) is 3.01. The van der Waals surface area contributed by atoms with Crippen molar-refractivity contribution < 1.29 is 4.39 Å². The SMILES string of the molecule is Nc1cnccc1-c1ccc(F)c2ccccc12. The summed E-state index contributed by atoms with van der Waals surface area (Å²) in [6.07, 6.45) is 3.29. The maximum Gasteiger partial charge on any atom is 0.131 e. The highest BCUT2D eigenvalue weighted by Crippen LogP contribution is 2.32. The predicted molar refractivity (Wildman–Crippen MR) is 71.5 cm³/mol. The van der Waals surface area contributed by atoms with Crippen molar-refractivity contribution in [2.75, 3.05) is 5.73 Å². The number of nitrogens with zero attached hydrogens (tertiary/aromatic N) is 1. The number of halogens is 1. The fourth-order valence-corrected chi connectivity index (χ4v) is 2.15. The van der Waals surface area contributed by atoms with Gasteiger partial charge in [-0.15, -0.1) is 0 Å². The van der Waals surface area contributed by atoms with E-state index in [2.05, 4.69) is 4.98 Å². The van der Waals surface area contributed by atoms with Crippen LogP contribution in [-0.2, 0) is 0 Å². The molecule has 1 aromatic heterocycles. The number of anilines is 1. The van der Waals surface area contributed by atoms with E-state index in [9.17, 15) is 4.39 Å². The van der Waals surface area contributed by atoms with Gasteiger partial charge in [-0.2, -0.15) is 0 Å². The van der Waals surface area contributed by atoms with Gasteiger partial charge >= 0.3 is 0 Å². The molecule has 0 bridgehead atoms. The lowest BCUT2D eigenvalue weighted by Gasteiger charge is -2.09. The Hall–Kier alpha value is -2.42. The Bertz CT molecular complexity index is 723. The van der Waals surface area contributed by atoms with Crippen molar-refractivity contribution >= 4 is 16.5 Å². The lowest BCUT2D eigenvalue weighted by molar-refractivity contribution is 0.640. The van der Waals surface area contributed by atoms with Crippen LogP contribution in [0.4, 0.5) is 10.1 Å². The quantitative estimate of drug-likeness (QED) is 0.703. The lowest BCUT2D eigenvalue weighted by Crippen LogP contribution is -1.92. The van der Waals surface area contributed by atoms with Crippen molar-refractivity contribution in [1.82, 2.24) is 4.98 Å². The summed E-state index contributed by atoms with van der Waals surface area (Å²) in [5, 5.41) is 1.46. The first kappa shape index (κ1) is 10.7. The van der Waals surface area contributed by atoms with E-state index in [4.69, 9.17) is 5.73 Å². The second-order valence-electron chi connectivity index (χ2n) is 4.10. The van der Waals surface area contributed by atoms with Crippen molar-refractivity contribution in [3.63, 3.8) is 0 Å². The second kappa shape index (κ2) is 4.11. The molecule has 0 atom stereocenters. The number of nitrogens with two attached hydrogens (primary N) is 1. The molecular formula is C15H11FN2. The minimum Gasteiger partial charge on any atom is -0.397 e. The van der Waals surface area contributed by atoms with Crippen LogP contribution in [0, 0.1) is 5.82 Å². The molecule has 0 aliphatic heterocycles. The highest BCUT2D eigenvalue weighted by Gasteiger charge is 2.09. The number of hydrogen-bond acceptors (Lipinski definition) is 2. The van der Waals surface area contributed by atoms with Crippen molar-refractivity contribution in [3.05, 3.63) is 60.7 Å². The molecule has 0 spiro atoms. The molecular weight excluding hydrogens is 227 g/mol. The predicted octanol–water partition coefficient (Wildman–Crippen LogP) is 3.62. The Balaban J connectivity index is 2.38. The molecule has 2 N–H and O–H groups in total. The largest absolute Gasteiger partial charge is 0.397 e. The smallest absolute Gasteiger partial charge is 0.131 e. The molecule has 3 rings (SSSR count). The highest BCUT2D eigenvalue weighted by molar-refractivity contribution is 5.99. The van der Waals surface area contributed by atoms with Crippen LogP contribution < -0.4 is 5.73 Å². The summed E-state index contributed by atoms with van der Waals surface area (Å²) in [5.74, 6) is -0.220. The fraction of sp³-hybridized carbons (Fsp3) is 0. The van der Waals surface area contributed by atoms with Crippen molar-refractivity contribution in [2.24, 2.45) is 0 Å². The minimum absolute atomic E-state index is 0.220. The van der Waals surface area contributed by atoms with Gasteiger partial charge in [-0.1, -0.05) is 30.3 Å². The van der Waals surface area contributed by atoms with Gasteiger partial charge in [0.15, 0.2) is 0 Å². The van der Waals surface area contributed by atoms with E-state index < -0.39 is 0 Å². The molecule has 0 aliphatic carbocycles. The molecule has 3 heteroatoms. The molecule has 1 heterocycles. The zero-order chi connectivity index (χ0) is 12.5. The zero-order valence-electron chi connectivity index (χ0n) is 9.60. The van der Waals surface area contributed by atoms with Crippen LogP contribution >= 0.6 is 0 Å². The first-order valence-electron chi connectivity index (χ1n) is 5.64. The molecule has 0 amide bonds. The molecule has 0 aliphatic rings. The summed E-state index contributed by atoms with van der Waals surface area (Å²) in [5.41, 5.74) is 8.32. The molecule has 88 valence electrons. The van der Waals surface area contributed by atoms with Gasteiger partial charge in [0, 0.05) is 17.1 Å². The highest BCUT2D eigenvalue weighted by atomic mass is 19.1. The molecule has 3 aromatic rings. The summed E-state index contributed by atoms with van der Waals surface area (Å²) in [4.78, 5) is 3.97. The van der Waals surface area contributed by atoms with E-state index in [1.807, 2.05) is 24.3 Å². The molecule has 0 saturated carbocycles. The van der Waals surface area contributed by atoms with Crippen LogP contribution in [0.3, 0.4) is 0 Å². The number of fused-ring (bicyclic) bond motifs is 1. The van der Waals surface area contributed by atoms with Crippen LogP contribution in [-0.4, -0.2) is 4.98 Å². The van der Waals surface area contributed by atoms with Gasteiger partial charge < -0.3 is 5.73 Å². The fourth-order valence-electron chi connectivity index (χ4n) is 2.15. The molecule has 2 nitrogen and oxygen atoms in total. The van der Waals surface area contributed by atoms with Gasteiger partial charge in [0.25, 0.3) is 0 Å². The van der Waals surface area contributed by atoms with Gasteiger partial charge in [-0.3, -0.25) is 4.98 Å². The number of hydrogen-bond donors (Lipinski definition) is 1. The third kappa shape index (κ3) is 1.61. The minimum atomic E-state index is -0.220. The van der Waals surface area contributed by atoms with E-state index in [0.29, 0.717) is 11.1 Å². The molecule has 0 radical (unpaired) electrons. The number of rotatable bonds is 1. The van der Waals surface area contributed by atoms with Crippen LogP contribution in [0.15, 0.2) is 54.9 Å². The normalized spacial score (nSPS) is 10.7. The summed E-state index contributed by atoms with van der Waals surface area (Å²) in [6.45, 7) is 0. The molecule has 18 heavy (non-hydrogen) atoms. The van der Waals surface area contributed by atoms with E-state index in [1.165, 1.54) is 6.07 Å². The number of pyridine rings is 1. The van der Waals surface area contributed by atoms with Crippen molar-refractivity contribution in [2.45, 2.75) is 0 Å². The topological polar surface area (TPSA) is 38.9 Å². The van der Waals surface area contributed by atoms with Crippen LogP contribution in [0.5, 0.6) is 0 Å². The third-order valence-electron chi connectivity index (χ3n) is 3.01. The van der Waals surface area contributed by atoms with Crippen LogP contribution in [0.2, 0.25) is 0 Å². The van der Waals surface area contributed by atoms with Crippen LogP contribution in [0.25, 0.3) is 21.9 Å². The Kier molecular flexibility index (Phi) is 2.45. The molecule has 0 fully saturated rings. The molecule has 2 aromatic carbocycles. The number of benzene rings is 2. The Labute approximate surface area is 104 Å². The maximum absolute atomic E-state index is 13.7. The van der Waals surface area contributed by atoms with Crippen molar-refractivity contribution in [3.8, 4) is 11.1 Å². The Morgan fingerprint density at radius 1 is 0.889 bits per heavy atom. The van der Waals surface area contributed by atoms with E-state index >= 15 is 0 Å². The first-order chi connectivity index (χ1) is 8.77. The van der Waals surface area contributed by atoms with Gasteiger partial charge in [0.2, 0.25) is 0 Å². The Morgan fingerprint density at radius 2 is 1.67 bits per heavy atom. The Morgan fingerprint density at radius 3 is 2.44 bits per heavy atom. The van der Waals surface area contributed by atoms with Crippen LogP contribution in [0.1, 0.15) is 0 Å². The average molecular weight is 238 g/mol. The lowest BCUT2D eigenvalue weighted by atomic mass is 9.98. The summed E-state index contributed by atoms with van der Waals surface area (Å²) >= 11 is 0. The zero-order valence-corrected chi connectivity index (χ0v) is 9.60. The van der Waals surface area contributed by atoms with E-state index in [0.717, 1.165) is 16.5 Å². The number of nitrogen functional groups attached to an aromatic ring is 1. The van der Waals surface area contributed by atoms with Gasteiger partial charge in [-0.05, 0) is 23.1 Å². The van der Waals surface area contributed by atoms with Crippen molar-refractivity contribution in [1.29, 1.82) is 0 Å².